The standard InChI is InChI=1S/C15H22N3O6.C2H6/c1-4-15(2,3)14(20)23-11-17-8-5-6-12(10-17)13(19)16-7-9-24-18(21)22;1-2/h5-6,8,10H,4,7,9,11H2,1-3H3,(H-,16,19,21,22);1-2H3/q+1;/p+1. The number of nitrogens with one attached hydrogen (secondary N) is 1. The number of rotatable bonds is 9. The van der Waals surface area contributed by atoms with Crippen molar-refractivity contribution in [2.24, 2.45) is 5.41 Å². The largest absolute Gasteiger partial charge is 0.475 e. The number of amides is 1. The van der Waals surface area contributed by atoms with Gasteiger partial charge in [-0.1, -0.05) is 20.8 Å². The quantitative estimate of drug-likeness (QED) is 0.296. The number of pyridine rings is 1. The maximum atomic E-state index is 11.9. The van der Waals surface area contributed by atoms with E-state index in [0.29, 0.717) is 12.0 Å². The van der Waals surface area contributed by atoms with E-state index in [1.807, 2.05) is 20.8 Å². The fourth-order valence-electron chi connectivity index (χ4n) is 1.60. The van der Waals surface area contributed by atoms with Gasteiger partial charge in [0, 0.05) is 6.07 Å². The maximum absolute atomic E-state index is 11.9. The Kier molecular flexibility index (Phi) is 10.5. The average molecular weight is 371 g/mol. The van der Waals surface area contributed by atoms with Gasteiger partial charge in [0.2, 0.25) is 0 Å². The Labute approximate surface area is 153 Å². The molecule has 0 bridgehead atoms. The number of carbonyl (C=O) groups excluding carboxylic acids is 2. The van der Waals surface area contributed by atoms with Crippen LogP contribution < -0.4 is 9.88 Å². The van der Waals surface area contributed by atoms with Crippen LogP contribution in [-0.2, 0) is 21.1 Å². The zero-order valence-electron chi connectivity index (χ0n) is 16.0. The minimum atomic E-state index is -0.672. The van der Waals surface area contributed by atoms with Crippen molar-refractivity contribution in [3.05, 3.63) is 35.0 Å². The lowest BCUT2D eigenvalue weighted by atomic mass is 9.91. The molecule has 26 heavy (non-hydrogen) atoms. The second kappa shape index (κ2) is 11.8. The molecule has 0 saturated heterocycles. The second-order valence-corrected chi connectivity index (χ2v) is 5.73. The second-order valence-electron chi connectivity index (χ2n) is 5.73. The molecule has 0 aromatic carbocycles. The normalized spacial score (nSPS) is 10.2. The number of hydrogen-bond donors (Lipinski definition) is 2. The Balaban J connectivity index is 0.00000301. The van der Waals surface area contributed by atoms with E-state index in [2.05, 4.69) is 10.2 Å². The summed E-state index contributed by atoms with van der Waals surface area (Å²) in [5, 5.41) is 10.1. The molecule has 1 aromatic heterocycles. The number of esters is 1. The molecule has 0 aliphatic carbocycles. The summed E-state index contributed by atoms with van der Waals surface area (Å²) in [7, 11) is 0. The first-order valence-corrected chi connectivity index (χ1v) is 8.50. The van der Waals surface area contributed by atoms with E-state index in [-0.39, 0.29) is 31.8 Å². The average Bonchev–Trinajstić information content (AvgIpc) is 2.64. The highest BCUT2D eigenvalue weighted by Gasteiger charge is 2.28. The molecule has 9 heteroatoms. The lowest BCUT2D eigenvalue weighted by molar-refractivity contribution is -0.975. The lowest BCUT2D eigenvalue weighted by Gasteiger charge is -2.18. The molecular weight excluding hydrogens is 342 g/mol. The molecule has 1 rings (SSSR count). The molecule has 0 fully saturated rings. The molecular formula is C17H29N3O6+2. The van der Waals surface area contributed by atoms with Crippen LogP contribution in [-0.4, -0.2) is 35.3 Å². The molecule has 0 atom stereocenters. The number of hydrogen-bond acceptors (Lipinski definition) is 5. The fraction of sp³-hybridized carbons (Fsp3) is 0.588. The first-order chi connectivity index (χ1) is 12.3. The number of ether oxygens (including phenoxy) is 1. The van der Waals surface area contributed by atoms with Gasteiger partial charge < -0.3 is 10.1 Å². The Morgan fingerprint density at radius 2 is 2.00 bits per heavy atom. The van der Waals surface area contributed by atoms with E-state index >= 15 is 0 Å². The molecule has 0 saturated carbocycles. The van der Waals surface area contributed by atoms with Crippen molar-refractivity contribution in [3.63, 3.8) is 0 Å². The summed E-state index contributed by atoms with van der Waals surface area (Å²) in [5.74, 6) is -0.695. The van der Waals surface area contributed by atoms with E-state index in [9.17, 15) is 14.5 Å². The van der Waals surface area contributed by atoms with Crippen LogP contribution in [0.2, 0.25) is 0 Å². The Morgan fingerprint density at radius 1 is 1.35 bits per heavy atom. The van der Waals surface area contributed by atoms with Crippen molar-refractivity contribution in [2.75, 3.05) is 13.2 Å². The molecule has 0 aliphatic heterocycles. The highest BCUT2D eigenvalue weighted by molar-refractivity contribution is 5.93. The van der Waals surface area contributed by atoms with Crippen LogP contribution in [0.4, 0.5) is 0 Å². The van der Waals surface area contributed by atoms with Crippen molar-refractivity contribution in [3.8, 4) is 0 Å². The summed E-state index contributed by atoms with van der Waals surface area (Å²) in [6.45, 7) is 9.41. The SMILES string of the molecule is CC.CCC(C)(C)C(=O)OC[n+]1cccc(C(=O)NCCO[N+](=O)O)c1. The van der Waals surface area contributed by atoms with Crippen LogP contribution >= 0.6 is 0 Å². The number of nitrogens with zero attached hydrogens (tertiary/aromatic N) is 2. The third kappa shape index (κ3) is 8.41. The van der Waals surface area contributed by atoms with E-state index in [1.54, 1.807) is 36.7 Å². The van der Waals surface area contributed by atoms with Gasteiger partial charge in [-0.2, -0.15) is 9.40 Å². The summed E-state index contributed by atoms with van der Waals surface area (Å²) >= 11 is 0. The highest BCUT2D eigenvalue weighted by Crippen LogP contribution is 2.21. The zero-order valence-corrected chi connectivity index (χ0v) is 16.0. The first-order valence-electron chi connectivity index (χ1n) is 8.50. The van der Waals surface area contributed by atoms with Crippen LogP contribution in [0.25, 0.3) is 0 Å². The summed E-state index contributed by atoms with van der Waals surface area (Å²) in [5.41, 5.74) is -0.205. The van der Waals surface area contributed by atoms with Crippen LogP contribution in [0.5, 0.6) is 0 Å². The van der Waals surface area contributed by atoms with Crippen LogP contribution in [0.15, 0.2) is 24.5 Å². The summed E-state index contributed by atoms with van der Waals surface area (Å²) in [6, 6.07) is 3.24. The van der Waals surface area contributed by atoms with E-state index in [4.69, 9.17) is 9.94 Å². The molecule has 0 unspecified atom stereocenters. The highest BCUT2D eigenvalue weighted by atomic mass is 16.9. The van der Waals surface area contributed by atoms with Crippen molar-refractivity contribution in [1.82, 2.24) is 5.32 Å². The van der Waals surface area contributed by atoms with Crippen LogP contribution in [0, 0.1) is 10.3 Å². The number of carbonyl (C=O) groups is 2. The van der Waals surface area contributed by atoms with Crippen molar-refractivity contribution >= 4 is 11.9 Å². The van der Waals surface area contributed by atoms with Gasteiger partial charge in [-0.25, -0.2) is 5.21 Å². The minimum Gasteiger partial charge on any atom is -0.404 e. The van der Waals surface area contributed by atoms with Crippen molar-refractivity contribution in [2.45, 2.75) is 47.8 Å². The van der Waals surface area contributed by atoms with Gasteiger partial charge in [-0.05, 0) is 26.3 Å². The Morgan fingerprint density at radius 3 is 2.58 bits per heavy atom. The van der Waals surface area contributed by atoms with Crippen molar-refractivity contribution < 1.29 is 34.0 Å². The molecule has 1 amide bonds. The predicted octanol–water partition coefficient (Wildman–Crippen LogP) is 1.77. The summed E-state index contributed by atoms with van der Waals surface area (Å²) in [6.07, 6.45) is 3.87. The first kappa shape index (κ1) is 23.3. The minimum absolute atomic E-state index is 0.00213. The fourth-order valence-corrected chi connectivity index (χ4v) is 1.60. The monoisotopic (exact) mass is 371 g/mol. The summed E-state index contributed by atoms with van der Waals surface area (Å²) < 4.78 is 6.82. The third-order valence-electron chi connectivity index (χ3n) is 3.49. The van der Waals surface area contributed by atoms with E-state index in [0.717, 1.165) is 0 Å². The van der Waals surface area contributed by atoms with Gasteiger partial charge in [0.1, 0.15) is 10.5 Å². The van der Waals surface area contributed by atoms with Crippen LogP contribution in [0.1, 0.15) is 51.4 Å². The molecule has 2 N–H and O–H groups in total. The predicted molar refractivity (Wildman–Crippen MR) is 91.8 cm³/mol. The van der Waals surface area contributed by atoms with Gasteiger partial charge in [-0.15, -0.1) is 0 Å². The lowest BCUT2D eigenvalue weighted by Crippen LogP contribution is -2.39. The molecule has 1 aromatic rings. The van der Waals surface area contributed by atoms with Crippen molar-refractivity contribution in [1.29, 1.82) is 0 Å². The van der Waals surface area contributed by atoms with Gasteiger partial charge >= 0.3 is 11.1 Å². The van der Waals surface area contributed by atoms with E-state index < -0.39 is 10.5 Å². The Hall–Kier alpha value is -2.71. The molecule has 0 aliphatic rings. The summed E-state index contributed by atoms with van der Waals surface area (Å²) in [4.78, 5) is 38.2. The molecule has 0 spiro atoms. The molecule has 9 nitrogen and oxygen atoms in total. The molecule has 1 heterocycles. The molecule has 146 valence electrons. The topological polar surface area (TPSA) is 109 Å². The Bertz CT molecular complexity index is 604. The van der Waals surface area contributed by atoms with Gasteiger partial charge in [0.05, 0.1) is 12.0 Å². The smallest absolute Gasteiger partial charge is 0.404 e. The zero-order chi connectivity index (χ0) is 20.2. The van der Waals surface area contributed by atoms with Gasteiger partial charge in [0.25, 0.3) is 12.6 Å². The van der Waals surface area contributed by atoms with Gasteiger partial charge in [0.15, 0.2) is 19.0 Å². The van der Waals surface area contributed by atoms with Crippen LogP contribution in [0.3, 0.4) is 0 Å². The maximum Gasteiger partial charge on any atom is 0.475 e. The molecule has 0 radical (unpaired) electrons. The third-order valence-corrected chi connectivity index (χ3v) is 3.49. The number of aromatic nitrogens is 1. The van der Waals surface area contributed by atoms with E-state index in [1.165, 1.54) is 6.20 Å². The van der Waals surface area contributed by atoms with Gasteiger partial charge in [-0.3, -0.25) is 9.59 Å².